The quantitative estimate of drug-likeness (QED) is 0.795. The van der Waals surface area contributed by atoms with Crippen LogP contribution in [-0.4, -0.2) is 19.0 Å². The van der Waals surface area contributed by atoms with E-state index in [4.69, 9.17) is 9.47 Å². The number of carbonyl (C=O) groups excluding carboxylic acids is 1. The fourth-order valence-electron chi connectivity index (χ4n) is 5.82. The third-order valence-electron chi connectivity index (χ3n) is 6.47. The number of ketones is 1. The molecular weight excluding hydrogens is 264 g/mol. The van der Waals surface area contributed by atoms with Gasteiger partial charge in [-0.15, -0.1) is 0 Å². The number of hydrogen-bond donors (Lipinski definition) is 0. The average molecular weight is 284 g/mol. The lowest BCUT2D eigenvalue weighted by molar-refractivity contribution is -0.136. The smallest absolute Gasteiger partial charge is 0.174 e. The van der Waals surface area contributed by atoms with E-state index in [0.717, 1.165) is 36.7 Å². The van der Waals surface area contributed by atoms with E-state index >= 15 is 0 Å². The van der Waals surface area contributed by atoms with Crippen molar-refractivity contribution in [3.8, 4) is 11.5 Å². The molecule has 3 aliphatic carbocycles. The molecule has 2 saturated carbocycles. The molecule has 3 nitrogen and oxygen atoms in total. The molecule has 1 aliphatic heterocycles. The highest BCUT2D eigenvalue weighted by Crippen LogP contribution is 2.65. The van der Waals surface area contributed by atoms with Crippen LogP contribution in [0.4, 0.5) is 0 Å². The molecule has 110 valence electrons. The van der Waals surface area contributed by atoms with Gasteiger partial charge in [0.1, 0.15) is 0 Å². The Bertz CT molecular complexity index is 650. The molecule has 4 aliphatic rings. The Morgan fingerprint density at radius 2 is 2.24 bits per heavy atom. The molecule has 21 heavy (non-hydrogen) atoms. The normalized spacial score (nSPS) is 38.7. The highest BCUT2D eigenvalue weighted by Gasteiger charge is 2.64. The van der Waals surface area contributed by atoms with Crippen LogP contribution in [0.1, 0.15) is 43.2 Å². The van der Waals surface area contributed by atoms with Crippen molar-refractivity contribution in [2.75, 3.05) is 7.11 Å². The molecule has 2 bridgehead atoms. The second-order valence-electron chi connectivity index (χ2n) is 7.14. The summed E-state index contributed by atoms with van der Waals surface area (Å²) in [5.41, 5.74) is 2.71. The van der Waals surface area contributed by atoms with Crippen molar-refractivity contribution in [3.05, 3.63) is 23.3 Å². The van der Waals surface area contributed by atoms with Crippen LogP contribution < -0.4 is 9.47 Å². The van der Waals surface area contributed by atoms with Crippen molar-refractivity contribution in [1.82, 2.24) is 0 Å². The molecule has 4 atom stereocenters. The monoisotopic (exact) mass is 284 g/mol. The van der Waals surface area contributed by atoms with Gasteiger partial charge < -0.3 is 9.47 Å². The Balaban J connectivity index is 1.83. The van der Waals surface area contributed by atoms with Gasteiger partial charge in [0.05, 0.1) is 7.11 Å². The number of benzene rings is 1. The first kappa shape index (κ1) is 12.1. The summed E-state index contributed by atoms with van der Waals surface area (Å²) in [5.74, 6) is 3.35. The van der Waals surface area contributed by atoms with E-state index in [-0.39, 0.29) is 11.5 Å². The molecule has 0 amide bonds. The van der Waals surface area contributed by atoms with E-state index in [9.17, 15) is 4.79 Å². The largest absolute Gasteiger partial charge is 0.493 e. The Kier molecular flexibility index (Phi) is 2.20. The van der Waals surface area contributed by atoms with Crippen LogP contribution in [-0.2, 0) is 16.6 Å². The van der Waals surface area contributed by atoms with Crippen molar-refractivity contribution in [2.24, 2.45) is 11.8 Å². The molecule has 0 radical (unpaired) electrons. The maximum absolute atomic E-state index is 12.6. The fourth-order valence-corrected chi connectivity index (χ4v) is 5.82. The fraction of sp³-hybridized carbons (Fsp3) is 0.611. The highest BCUT2D eigenvalue weighted by atomic mass is 16.5. The molecule has 0 N–H and O–H groups in total. The lowest BCUT2D eigenvalue weighted by Gasteiger charge is -2.54. The first-order valence-corrected chi connectivity index (χ1v) is 8.15. The molecule has 1 heterocycles. The van der Waals surface area contributed by atoms with Crippen LogP contribution in [0.15, 0.2) is 12.1 Å². The predicted octanol–water partition coefficient (Wildman–Crippen LogP) is 3.03. The van der Waals surface area contributed by atoms with Gasteiger partial charge in [0.2, 0.25) is 0 Å². The summed E-state index contributed by atoms with van der Waals surface area (Å²) in [5, 5.41) is 0. The number of carbonyl (C=O) groups is 1. The van der Waals surface area contributed by atoms with E-state index < -0.39 is 0 Å². The van der Waals surface area contributed by atoms with Crippen LogP contribution in [0.25, 0.3) is 0 Å². The summed E-state index contributed by atoms with van der Waals surface area (Å²) >= 11 is 0. The van der Waals surface area contributed by atoms with Gasteiger partial charge in [0.25, 0.3) is 0 Å². The highest BCUT2D eigenvalue weighted by molar-refractivity contribution is 5.89. The first-order chi connectivity index (χ1) is 10.3. The van der Waals surface area contributed by atoms with E-state index in [1.54, 1.807) is 7.11 Å². The number of rotatable bonds is 1. The van der Waals surface area contributed by atoms with Gasteiger partial charge >= 0.3 is 0 Å². The van der Waals surface area contributed by atoms with Crippen LogP contribution in [0.5, 0.6) is 11.5 Å². The molecule has 3 heteroatoms. The van der Waals surface area contributed by atoms with E-state index in [1.165, 1.54) is 24.0 Å². The summed E-state index contributed by atoms with van der Waals surface area (Å²) in [4.78, 5) is 12.6. The predicted molar refractivity (Wildman–Crippen MR) is 77.9 cm³/mol. The van der Waals surface area contributed by atoms with E-state index in [1.807, 2.05) is 6.07 Å². The minimum Gasteiger partial charge on any atom is -0.493 e. The van der Waals surface area contributed by atoms with E-state index in [2.05, 4.69) is 6.07 Å². The molecule has 0 saturated heterocycles. The molecule has 1 aromatic carbocycles. The zero-order valence-corrected chi connectivity index (χ0v) is 12.4. The zero-order chi connectivity index (χ0) is 14.2. The maximum Gasteiger partial charge on any atom is 0.174 e. The summed E-state index contributed by atoms with van der Waals surface area (Å²) in [7, 11) is 1.69. The second kappa shape index (κ2) is 3.82. The summed E-state index contributed by atoms with van der Waals surface area (Å²) in [6.45, 7) is 0. The second-order valence-corrected chi connectivity index (χ2v) is 7.14. The Labute approximate surface area is 124 Å². The van der Waals surface area contributed by atoms with Gasteiger partial charge in [-0.2, -0.15) is 0 Å². The van der Waals surface area contributed by atoms with Gasteiger partial charge in [0.15, 0.2) is 23.4 Å². The van der Waals surface area contributed by atoms with Crippen molar-refractivity contribution in [2.45, 2.75) is 50.0 Å². The SMILES string of the molecule is COc1ccc2c3c1O[C@H]1C(=O)CCC4[C@H](CCC[C@@]341)C2. The number of ether oxygens (including phenoxy) is 2. The molecule has 1 unspecified atom stereocenters. The maximum atomic E-state index is 12.6. The minimum atomic E-state index is -0.246. The number of hydrogen-bond acceptors (Lipinski definition) is 3. The van der Waals surface area contributed by atoms with Crippen molar-refractivity contribution >= 4 is 5.78 Å². The van der Waals surface area contributed by atoms with Gasteiger partial charge in [0, 0.05) is 17.4 Å². The number of methoxy groups -OCH3 is 1. The van der Waals surface area contributed by atoms with Gasteiger partial charge in [-0.25, -0.2) is 0 Å². The average Bonchev–Trinajstić information content (AvgIpc) is 2.83. The van der Waals surface area contributed by atoms with Gasteiger partial charge in [-0.05, 0) is 49.1 Å². The van der Waals surface area contributed by atoms with Crippen LogP contribution in [0.3, 0.4) is 0 Å². The zero-order valence-electron chi connectivity index (χ0n) is 12.4. The molecule has 1 spiro atoms. The van der Waals surface area contributed by atoms with Crippen molar-refractivity contribution in [1.29, 1.82) is 0 Å². The summed E-state index contributed by atoms with van der Waals surface area (Å²) in [6, 6.07) is 4.22. The Morgan fingerprint density at radius 3 is 3.10 bits per heavy atom. The molecule has 0 aromatic heterocycles. The summed E-state index contributed by atoms with van der Waals surface area (Å²) in [6.07, 6.45) is 6.31. The van der Waals surface area contributed by atoms with E-state index in [0.29, 0.717) is 18.1 Å². The third-order valence-corrected chi connectivity index (χ3v) is 6.47. The van der Waals surface area contributed by atoms with Crippen molar-refractivity contribution in [3.63, 3.8) is 0 Å². The first-order valence-electron chi connectivity index (χ1n) is 8.15. The Morgan fingerprint density at radius 1 is 1.33 bits per heavy atom. The topological polar surface area (TPSA) is 35.5 Å². The van der Waals surface area contributed by atoms with Crippen LogP contribution >= 0.6 is 0 Å². The lowest BCUT2D eigenvalue weighted by atomic mass is 9.48. The third kappa shape index (κ3) is 1.25. The number of Topliss-reactive ketones (excluding diaryl/α,β-unsaturated/α-hetero) is 1. The summed E-state index contributed by atoms with van der Waals surface area (Å²) < 4.78 is 11.7. The molecule has 1 aromatic rings. The van der Waals surface area contributed by atoms with Gasteiger partial charge in [-0.1, -0.05) is 12.5 Å². The van der Waals surface area contributed by atoms with Crippen LogP contribution in [0, 0.1) is 11.8 Å². The van der Waals surface area contributed by atoms with Gasteiger partial charge in [-0.3, -0.25) is 4.79 Å². The Hall–Kier alpha value is -1.51. The lowest BCUT2D eigenvalue weighted by Crippen LogP contribution is -2.58. The molecule has 5 rings (SSSR count). The minimum absolute atomic E-state index is 0.0320. The molecule has 2 fully saturated rings. The standard InChI is InChI=1S/C18H20O3/c1-20-14-7-4-11-9-10-3-2-8-18-12(10)5-6-13(19)17(18)21-16(14)15(11)18/h4,7,10,12,17H,2-3,5-6,8-9H2,1H3/t10-,12?,17+,18+/m1/s1. The molecular formula is C18H20O3. The van der Waals surface area contributed by atoms with Crippen molar-refractivity contribution < 1.29 is 14.3 Å². The van der Waals surface area contributed by atoms with Crippen LogP contribution in [0.2, 0.25) is 0 Å².